The SMILES string of the molecule is COc1ccc(-c2ccnc(-n3cc(C(=O)Nc4ccc(CCN5CCN(C)CC5)cc4)c(N)n3)n2)cc1. The predicted molar refractivity (Wildman–Crippen MR) is 148 cm³/mol. The molecule has 1 aliphatic heterocycles. The Balaban J connectivity index is 1.22. The molecule has 1 aliphatic rings. The van der Waals surface area contributed by atoms with Crippen LogP contribution in [0.15, 0.2) is 67.0 Å². The first-order valence-electron chi connectivity index (χ1n) is 12.6. The van der Waals surface area contributed by atoms with Crippen LogP contribution >= 0.6 is 0 Å². The van der Waals surface area contributed by atoms with Crippen molar-refractivity contribution in [1.82, 2.24) is 29.5 Å². The largest absolute Gasteiger partial charge is 0.497 e. The van der Waals surface area contributed by atoms with Crippen molar-refractivity contribution in [1.29, 1.82) is 0 Å². The van der Waals surface area contributed by atoms with Gasteiger partial charge in [-0.3, -0.25) is 4.79 Å². The highest BCUT2D eigenvalue weighted by Gasteiger charge is 2.17. The number of hydrogen-bond donors (Lipinski definition) is 2. The molecular formula is C28H32N8O2. The smallest absolute Gasteiger partial charge is 0.261 e. The zero-order valence-electron chi connectivity index (χ0n) is 21.7. The summed E-state index contributed by atoms with van der Waals surface area (Å²) in [5, 5.41) is 7.18. The van der Waals surface area contributed by atoms with Crippen molar-refractivity contribution in [2.24, 2.45) is 0 Å². The Labute approximate surface area is 222 Å². The molecule has 0 saturated carbocycles. The lowest BCUT2D eigenvalue weighted by molar-refractivity contribution is 0.102. The van der Waals surface area contributed by atoms with Gasteiger partial charge in [-0.15, -0.1) is 5.10 Å². The van der Waals surface area contributed by atoms with Crippen molar-refractivity contribution in [3.63, 3.8) is 0 Å². The zero-order chi connectivity index (χ0) is 26.5. The molecule has 0 aliphatic carbocycles. The molecular weight excluding hydrogens is 480 g/mol. The minimum Gasteiger partial charge on any atom is -0.497 e. The van der Waals surface area contributed by atoms with Gasteiger partial charge in [-0.1, -0.05) is 12.1 Å². The maximum Gasteiger partial charge on any atom is 0.261 e. The maximum atomic E-state index is 13.0. The predicted octanol–water partition coefficient (Wildman–Crippen LogP) is 2.96. The molecule has 0 spiro atoms. The number of nitrogens with two attached hydrogens (primary N) is 1. The number of aromatic nitrogens is 4. The molecule has 2 aromatic heterocycles. The van der Waals surface area contributed by atoms with Crippen LogP contribution in [0.5, 0.6) is 5.75 Å². The quantitative estimate of drug-likeness (QED) is 0.370. The van der Waals surface area contributed by atoms with Gasteiger partial charge >= 0.3 is 0 Å². The van der Waals surface area contributed by atoms with Gasteiger partial charge in [0.2, 0.25) is 0 Å². The van der Waals surface area contributed by atoms with E-state index in [-0.39, 0.29) is 17.3 Å². The molecule has 1 amide bonds. The highest BCUT2D eigenvalue weighted by atomic mass is 16.5. The number of piperazine rings is 1. The minimum atomic E-state index is -0.342. The van der Waals surface area contributed by atoms with Gasteiger partial charge in [0.1, 0.15) is 11.3 Å². The van der Waals surface area contributed by atoms with Crippen molar-refractivity contribution in [3.8, 4) is 23.0 Å². The molecule has 1 saturated heterocycles. The summed E-state index contributed by atoms with van der Waals surface area (Å²) in [4.78, 5) is 26.7. The van der Waals surface area contributed by atoms with Crippen molar-refractivity contribution < 1.29 is 9.53 Å². The van der Waals surface area contributed by atoms with Crippen LogP contribution < -0.4 is 15.8 Å². The third kappa shape index (κ3) is 5.99. The molecule has 4 aromatic rings. The third-order valence-electron chi connectivity index (χ3n) is 6.75. The van der Waals surface area contributed by atoms with Crippen LogP contribution in [0.25, 0.3) is 17.2 Å². The van der Waals surface area contributed by atoms with E-state index in [4.69, 9.17) is 10.5 Å². The summed E-state index contributed by atoms with van der Waals surface area (Å²) in [5.41, 5.74) is 9.89. The van der Waals surface area contributed by atoms with Crippen molar-refractivity contribution in [3.05, 3.63) is 78.1 Å². The van der Waals surface area contributed by atoms with E-state index in [0.29, 0.717) is 17.3 Å². The summed E-state index contributed by atoms with van der Waals surface area (Å²) >= 11 is 0. The Bertz CT molecular complexity index is 1380. The number of anilines is 2. The molecule has 10 heteroatoms. The summed E-state index contributed by atoms with van der Waals surface area (Å²) in [6.45, 7) is 5.49. The first-order chi connectivity index (χ1) is 18.5. The van der Waals surface area contributed by atoms with Crippen molar-refractivity contribution in [2.45, 2.75) is 6.42 Å². The highest BCUT2D eigenvalue weighted by molar-refractivity contribution is 6.07. The van der Waals surface area contributed by atoms with Gasteiger partial charge < -0.3 is 25.6 Å². The second-order valence-corrected chi connectivity index (χ2v) is 9.39. The molecule has 3 heterocycles. The second-order valence-electron chi connectivity index (χ2n) is 9.39. The number of methoxy groups -OCH3 is 1. The number of benzene rings is 2. The summed E-state index contributed by atoms with van der Waals surface area (Å²) in [6.07, 6.45) is 4.17. The number of nitrogens with one attached hydrogen (secondary N) is 1. The van der Waals surface area contributed by atoms with E-state index in [0.717, 1.165) is 50.5 Å². The second kappa shape index (κ2) is 11.4. The lowest BCUT2D eigenvalue weighted by Gasteiger charge is -2.32. The van der Waals surface area contributed by atoms with Gasteiger partial charge in [0.15, 0.2) is 5.82 Å². The van der Waals surface area contributed by atoms with Gasteiger partial charge in [0.05, 0.1) is 12.8 Å². The van der Waals surface area contributed by atoms with Gasteiger partial charge in [0.25, 0.3) is 11.9 Å². The van der Waals surface area contributed by atoms with E-state index in [1.807, 2.05) is 36.4 Å². The van der Waals surface area contributed by atoms with Crippen molar-refractivity contribution >= 4 is 17.4 Å². The maximum absolute atomic E-state index is 13.0. The Kier molecular flexibility index (Phi) is 7.62. The number of nitrogen functional groups attached to an aromatic ring is 1. The molecule has 196 valence electrons. The molecule has 2 aromatic carbocycles. The lowest BCUT2D eigenvalue weighted by atomic mass is 10.1. The Hall–Kier alpha value is -4.28. The van der Waals surface area contributed by atoms with Gasteiger partial charge in [-0.05, 0) is 61.5 Å². The fraction of sp³-hybridized carbons (Fsp3) is 0.286. The molecule has 10 nitrogen and oxygen atoms in total. The van der Waals surface area contributed by atoms with Crippen LogP contribution in [0, 0.1) is 0 Å². The molecule has 1 fully saturated rings. The molecule has 0 unspecified atom stereocenters. The molecule has 38 heavy (non-hydrogen) atoms. The number of nitrogens with zero attached hydrogens (tertiary/aromatic N) is 6. The van der Waals surface area contributed by atoms with E-state index in [9.17, 15) is 4.79 Å². The Morgan fingerprint density at radius 3 is 2.47 bits per heavy atom. The van der Waals surface area contributed by atoms with Crippen LogP contribution in [0.1, 0.15) is 15.9 Å². The summed E-state index contributed by atoms with van der Waals surface area (Å²) in [7, 11) is 3.79. The fourth-order valence-electron chi connectivity index (χ4n) is 4.36. The number of carbonyl (C=O) groups is 1. The molecule has 0 radical (unpaired) electrons. The number of carbonyl (C=O) groups excluding carboxylic acids is 1. The fourth-order valence-corrected chi connectivity index (χ4v) is 4.36. The van der Waals surface area contributed by atoms with Crippen LogP contribution in [-0.2, 0) is 6.42 Å². The molecule has 5 rings (SSSR count). The van der Waals surface area contributed by atoms with Crippen LogP contribution in [0.3, 0.4) is 0 Å². The van der Waals surface area contributed by atoms with Gasteiger partial charge in [-0.25, -0.2) is 14.6 Å². The number of rotatable bonds is 8. The lowest BCUT2D eigenvalue weighted by Crippen LogP contribution is -2.45. The van der Waals surface area contributed by atoms with Crippen LogP contribution in [0.4, 0.5) is 11.5 Å². The van der Waals surface area contributed by atoms with Crippen LogP contribution in [0.2, 0.25) is 0 Å². The standard InChI is InChI=1S/C28H32N8O2/c1-34-15-17-35(18-16-34)14-12-20-3-7-22(8-4-20)31-27(37)24-19-36(33-26(24)29)28-30-13-11-25(32-28)21-5-9-23(38-2)10-6-21/h3-11,13,19H,12,14-18H2,1-2H3,(H2,29,33)(H,31,37). The minimum absolute atomic E-state index is 0.102. The molecule has 0 atom stereocenters. The number of likely N-dealkylation sites (N-methyl/N-ethyl adjacent to an activating group) is 1. The Morgan fingerprint density at radius 1 is 1.03 bits per heavy atom. The summed E-state index contributed by atoms with van der Waals surface area (Å²) < 4.78 is 6.64. The first-order valence-corrected chi connectivity index (χ1v) is 12.6. The van der Waals surface area contributed by atoms with E-state index in [1.165, 1.54) is 10.2 Å². The average Bonchev–Trinajstić information content (AvgIpc) is 3.35. The van der Waals surface area contributed by atoms with E-state index in [2.05, 4.69) is 49.4 Å². The van der Waals surface area contributed by atoms with E-state index in [1.54, 1.807) is 25.6 Å². The molecule has 0 bridgehead atoms. The first kappa shape index (κ1) is 25.4. The third-order valence-corrected chi connectivity index (χ3v) is 6.75. The summed E-state index contributed by atoms with van der Waals surface area (Å²) in [6, 6.07) is 17.3. The number of ether oxygens (including phenoxy) is 1. The van der Waals surface area contributed by atoms with E-state index >= 15 is 0 Å². The monoisotopic (exact) mass is 512 g/mol. The highest BCUT2D eigenvalue weighted by Crippen LogP contribution is 2.22. The van der Waals surface area contributed by atoms with E-state index < -0.39 is 0 Å². The van der Waals surface area contributed by atoms with Gasteiger partial charge in [-0.2, -0.15) is 0 Å². The van der Waals surface area contributed by atoms with Gasteiger partial charge in [0, 0.05) is 56.4 Å². The van der Waals surface area contributed by atoms with Crippen molar-refractivity contribution in [2.75, 3.05) is 57.9 Å². The number of hydrogen-bond acceptors (Lipinski definition) is 8. The zero-order valence-corrected chi connectivity index (χ0v) is 21.7. The normalized spacial score (nSPS) is 14.4. The topological polar surface area (TPSA) is 114 Å². The molecule has 3 N–H and O–H groups in total. The Morgan fingerprint density at radius 2 is 1.76 bits per heavy atom. The van der Waals surface area contributed by atoms with Crippen LogP contribution in [-0.4, -0.2) is 82.3 Å². The average molecular weight is 513 g/mol. The number of amides is 1. The summed E-state index contributed by atoms with van der Waals surface area (Å²) in [5.74, 6) is 0.836.